The van der Waals surface area contributed by atoms with Crippen molar-refractivity contribution in [1.29, 1.82) is 0 Å². The van der Waals surface area contributed by atoms with Crippen molar-refractivity contribution >= 4 is 11.9 Å². The third-order valence-electron chi connectivity index (χ3n) is 2.17. The first-order valence-corrected chi connectivity index (χ1v) is 4.87. The van der Waals surface area contributed by atoms with Gasteiger partial charge in [-0.05, 0) is 0 Å². The van der Waals surface area contributed by atoms with E-state index in [1.165, 1.54) is 5.32 Å². The molecule has 0 saturated heterocycles. The third kappa shape index (κ3) is 4.10. The summed E-state index contributed by atoms with van der Waals surface area (Å²) in [5.41, 5.74) is 0.923. The van der Waals surface area contributed by atoms with Gasteiger partial charge >= 0.3 is 0 Å². The van der Waals surface area contributed by atoms with Crippen LogP contribution in [0.4, 0.5) is 0 Å². The molecule has 16 heavy (non-hydrogen) atoms. The summed E-state index contributed by atoms with van der Waals surface area (Å²) >= 11 is 0. The summed E-state index contributed by atoms with van der Waals surface area (Å²) in [5, 5.41) is 22.3. The highest BCUT2D eigenvalue weighted by Crippen LogP contribution is 1.95. The van der Waals surface area contributed by atoms with Crippen LogP contribution in [0.25, 0.3) is 0 Å². The molecule has 1 unspecified atom stereocenters. The minimum Gasteiger partial charge on any atom is -0.550 e. The molecule has 0 spiro atoms. The molecule has 0 amide bonds. The largest absolute Gasteiger partial charge is 0.550 e. The SMILES string of the molecule is O=C([O-])CC([NH2+]Cc1ccccc1)C(=O)[O-]. The Hall–Kier alpha value is -1.88. The fraction of sp³-hybridized carbons (Fsp3) is 0.273. The van der Waals surface area contributed by atoms with E-state index in [2.05, 4.69) is 0 Å². The van der Waals surface area contributed by atoms with E-state index in [4.69, 9.17) is 0 Å². The molecular formula is C11H12NO4-. The molecule has 5 nitrogen and oxygen atoms in total. The van der Waals surface area contributed by atoms with Crippen LogP contribution in [0.2, 0.25) is 0 Å². The Morgan fingerprint density at radius 2 is 1.81 bits per heavy atom. The number of carbonyl (C=O) groups excluding carboxylic acids is 2. The van der Waals surface area contributed by atoms with E-state index < -0.39 is 24.4 Å². The summed E-state index contributed by atoms with van der Waals surface area (Å²) in [4.78, 5) is 20.9. The molecule has 1 atom stereocenters. The van der Waals surface area contributed by atoms with Gasteiger partial charge in [-0.25, -0.2) is 0 Å². The van der Waals surface area contributed by atoms with Crippen LogP contribution in [0.5, 0.6) is 0 Å². The number of aliphatic carboxylic acids is 2. The van der Waals surface area contributed by atoms with Gasteiger partial charge in [0.05, 0.1) is 5.97 Å². The zero-order valence-corrected chi connectivity index (χ0v) is 8.59. The molecule has 0 radical (unpaired) electrons. The van der Waals surface area contributed by atoms with E-state index in [9.17, 15) is 19.8 Å². The predicted molar refractivity (Wildman–Crippen MR) is 50.5 cm³/mol. The smallest absolute Gasteiger partial charge is 0.132 e. The zero-order valence-electron chi connectivity index (χ0n) is 8.59. The first kappa shape index (κ1) is 12.2. The fourth-order valence-electron chi connectivity index (χ4n) is 1.33. The maximum atomic E-state index is 10.6. The van der Waals surface area contributed by atoms with Crippen molar-refractivity contribution in [2.45, 2.75) is 19.0 Å². The lowest BCUT2D eigenvalue weighted by atomic mass is 10.1. The van der Waals surface area contributed by atoms with Gasteiger partial charge in [-0.15, -0.1) is 0 Å². The van der Waals surface area contributed by atoms with Crippen molar-refractivity contribution in [2.75, 3.05) is 0 Å². The molecule has 2 N–H and O–H groups in total. The molecule has 0 heterocycles. The van der Waals surface area contributed by atoms with E-state index in [1.807, 2.05) is 30.3 Å². The van der Waals surface area contributed by atoms with Crippen molar-refractivity contribution in [1.82, 2.24) is 0 Å². The number of benzene rings is 1. The Morgan fingerprint density at radius 3 is 2.31 bits per heavy atom. The standard InChI is InChI=1S/C11H13NO4/c13-10(14)6-9(11(15)16)12-7-8-4-2-1-3-5-8/h1-5,9,12H,6-7H2,(H,13,14)(H,15,16)/p-1. The van der Waals surface area contributed by atoms with Crippen molar-refractivity contribution in [3.63, 3.8) is 0 Å². The molecule has 5 heteroatoms. The van der Waals surface area contributed by atoms with Crippen LogP contribution in [-0.2, 0) is 16.1 Å². The highest BCUT2D eigenvalue weighted by Gasteiger charge is 2.13. The van der Waals surface area contributed by atoms with Gasteiger partial charge in [0.1, 0.15) is 12.6 Å². The summed E-state index contributed by atoms with van der Waals surface area (Å²) in [6.45, 7) is 0.396. The Kier molecular flexibility index (Phi) is 4.47. The highest BCUT2D eigenvalue weighted by molar-refractivity contribution is 5.76. The van der Waals surface area contributed by atoms with Crippen molar-refractivity contribution < 1.29 is 25.1 Å². The molecule has 0 aromatic heterocycles. The van der Waals surface area contributed by atoms with Gasteiger partial charge in [-0.1, -0.05) is 30.3 Å². The number of carboxylic acid groups (broad SMARTS) is 2. The molecular weight excluding hydrogens is 210 g/mol. The summed E-state index contributed by atoms with van der Waals surface area (Å²) in [5.74, 6) is -2.78. The van der Waals surface area contributed by atoms with Gasteiger partial charge in [0.2, 0.25) is 0 Å². The Balaban J connectivity index is 2.50. The maximum absolute atomic E-state index is 10.6. The molecule has 0 bridgehead atoms. The second kappa shape index (κ2) is 5.87. The van der Waals surface area contributed by atoms with Gasteiger partial charge in [0.15, 0.2) is 0 Å². The van der Waals surface area contributed by atoms with E-state index in [0.717, 1.165) is 5.56 Å². The Labute approximate surface area is 92.7 Å². The summed E-state index contributed by atoms with van der Waals surface area (Å²) in [6.07, 6.45) is -0.546. The number of nitrogens with two attached hydrogens (primary N) is 1. The van der Waals surface area contributed by atoms with Gasteiger partial charge in [-0.2, -0.15) is 0 Å². The molecule has 1 aromatic carbocycles. The topological polar surface area (TPSA) is 96.9 Å². The summed E-state index contributed by atoms with van der Waals surface area (Å²) < 4.78 is 0. The Bertz CT molecular complexity index is 364. The third-order valence-corrected chi connectivity index (χ3v) is 2.17. The number of hydrogen-bond donors (Lipinski definition) is 1. The number of carboxylic acids is 2. The maximum Gasteiger partial charge on any atom is 0.132 e. The first-order chi connectivity index (χ1) is 7.59. The monoisotopic (exact) mass is 222 g/mol. The van der Waals surface area contributed by atoms with Gasteiger partial charge in [0.25, 0.3) is 0 Å². The zero-order chi connectivity index (χ0) is 12.0. The first-order valence-electron chi connectivity index (χ1n) is 4.87. The molecule has 0 aliphatic rings. The van der Waals surface area contributed by atoms with E-state index in [1.54, 1.807) is 0 Å². The molecule has 86 valence electrons. The molecule has 1 rings (SSSR count). The van der Waals surface area contributed by atoms with Crippen LogP contribution in [0, 0.1) is 0 Å². The lowest BCUT2D eigenvalue weighted by Crippen LogP contribution is -2.92. The second-order valence-corrected chi connectivity index (χ2v) is 3.43. The quantitative estimate of drug-likeness (QED) is 0.555. The van der Waals surface area contributed by atoms with Crippen LogP contribution in [-0.4, -0.2) is 18.0 Å². The average Bonchev–Trinajstić information content (AvgIpc) is 2.25. The van der Waals surface area contributed by atoms with Crippen LogP contribution >= 0.6 is 0 Å². The fourth-order valence-corrected chi connectivity index (χ4v) is 1.33. The molecule has 0 aliphatic carbocycles. The number of rotatable bonds is 6. The van der Waals surface area contributed by atoms with Gasteiger partial charge in [0, 0.05) is 18.0 Å². The van der Waals surface area contributed by atoms with Gasteiger partial charge in [-0.3, -0.25) is 0 Å². The van der Waals surface area contributed by atoms with Crippen LogP contribution in [0.15, 0.2) is 30.3 Å². The van der Waals surface area contributed by atoms with E-state index >= 15 is 0 Å². The number of carbonyl (C=O) groups is 2. The predicted octanol–water partition coefficient (Wildman–Crippen LogP) is -2.99. The average molecular weight is 222 g/mol. The minimum atomic E-state index is -1.39. The van der Waals surface area contributed by atoms with E-state index in [0.29, 0.717) is 6.54 Å². The van der Waals surface area contributed by atoms with Crippen molar-refractivity contribution in [2.24, 2.45) is 0 Å². The van der Waals surface area contributed by atoms with E-state index in [-0.39, 0.29) is 0 Å². The number of quaternary nitrogens is 1. The lowest BCUT2D eigenvalue weighted by Gasteiger charge is -2.16. The summed E-state index contributed by atoms with van der Waals surface area (Å²) in [6, 6.07) is 8.07. The molecule has 1 aromatic rings. The Morgan fingerprint density at radius 1 is 1.19 bits per heavy atom. The second-order valence-electron chi connectivity index (χ2n) is 3.43. The van der Waals surface area contributed by atoms with Crippen molar-refractivity contribution in [3.8, 4) is 0 Å². The van der Waals surface area contributed by atoms with Crippen molar-refractivity contribution in [3.05, 3.63) is 35.9 Å². The molecule has 0 fully saturated rings. The normalized spacial score (nSPS) is 12.0. The molecule has 0 aliphatic heterocycles. The van der Waals surface area contributed by atoms with Gasteiger partial charge < -0.3 is 25.1 Å². The van der Waals surface area contributed by atoms with Crippen LogP contribution in [0.1, 0.15) is 12.0 Å². The number of hydrogen-bond acceptors (Lipinski definition) is 4. The van der Waals surface area contributed by atoms with Crippen LogP contribution < -0.4 is 15.5 Å². The summed E-state index contributed by atoms with van der Waals surface area (Å²) in [7, 11) is 0. The minimum absolute atomic E-state index is 0.396. The molecule has 0 saturated carbocycles. The van der Waals surface area contributed by atoms with Crippen LogP contribution in [0.3, 0.4) is 0 Å². The lowest BCUT2D eigenvalue weighted by molar-refractivity contribution is -0.698. The highest BCUT2D eigenvalue weighted by atomic mass is 16.4.